The summed E-state index contributed by atoms with van der Waals surface area (Å²) in [4.78, 5) is 38.5. The number of benzene rings is 2. The van der Waals surface area contributed by atoms with Crippen molar-refractivity contribution in [1.82, 2.24) is 10.9 Å². The molecule has 0 saturated carbocycles. The van der Waals surface area contributed by atoms with Crippen molar-refractivity contribution in [3.8, 4) is 5.75 Å². The summed E-state index contributed by atoms with van der Waals surface area (Å²) in [5, 5.41) is 0. The van der Waals surface area contributed by atoms with E-state index in [0.29, 0.717) is 11.3 Å². The van der Waals surface area contributed by atoms with Gasteiger partial charge in [-0.25, -0.2) is 4.79 Å². The second kappa shape index (κ2) is 10.8. The van der Waals surface area contributed by atoms with Crippen LogP contribution >= 0.6 is 0 Å². The van der Waals surface area contributed by atoms with Gasteiger partial charge in [0, 0.05) is 24.3 Å². The molecule has 0 spiro atoms. The lowest BCUT2D eigenvalue weighted by Crippen LogP contribution is -2.43. The topological polar surface area (TPSA) is 97.0 Å². The molecule has 0 atom stereocenters. The lowest BCUT2D eigenvalue weighted by atomic mass is 10.1. The molecule has 160 valence electrons. The highest BCUT2D eigenvalue weighted by atomic mass is 16.5. The maximum atomic E-state index is 12.2. The zero-order valence-corrected chi connectivity index (χ0v) is 17.7. The van der Waals surface area contributed by atoms with E-state index in [1.807, 2.05) is 19.1 Å². The summed E-state index contributed by atoms with van der Waals surface area (Å²) in [5.74, 6) is -1.47. The van der Waals surface area contributed by atoms with Gasteiger partial charge < -0.3 is 14.4 Å². The van der Waals surface area contributed by atoms with Crippen molar-refractivity contribution in [3.05, 3.63) is 59.2 Å². The normalized spacial score (nSPS) is 10.1. The number of esters is 1. The van der Waals surface area contributed by atoms with Crippen LogP contribution in [0.1, 0.15) is 40.1 Å². The van der Waals surface area contributed by atoms with Crippen molar-refractivity contribution >= 4 is 23.5 Å². The van der Waals surface area contributed by atoms with Crippen LogP contribution in [0.15, 0.2) is 42.5 Å². The van der Waals surface area contributed by atoms with Gasteiger partial charge in [0.05, 0.1) is 7.11 Å². The molecule has 0 heterocycles. The molecular weight excluding hydrogens is 386 g/mol. The molecule has 0 bridgehead atoms. The number of ether oxygens (including phenoxy) is 2. The molecule has 30 heavy (non-hydrogen) atoms. The van der Waals surface area contributed by atoms with Crippen LogP contribution in [0.5, 0.6) is 5.75 Å². The van der Waals surface area contributed by atoms with E-state index < -0.39 is 24.4 Å². The number of nitrogens with one attached hydrogen (secondary N) is 2. The van der Waals surface area contributed by atoms with Gasteiger partial charge in [0.2, 0.25) is 0 Å². The molecule has 2 amide bonds. The number of methoxy groups -OCH3 is 1. The predicted molar refractivity (Wildman–Crippen MR) is 114 cm³/mol. The quantitative estimate of drug-likeness (QED) is 0.510. The average Bonchev–Trinajstić information content (AvgIpc) is 2.77. The van der Waals surface area contributed by atoms with Gasteiger partial charge in [-0.2, -0.15) is 0 Å². The first-order valence-electron chi connectivity index (χ1n) is 9.65. The molecule has 0 aliphatic rings. The largest absolute Gasteiger partial charge is 0.496 e. The lowest BCUT2D eigenvalue weighted by molar-refractivity contribution is -0.125. The van der Waals surface area contributed by atoms with Gasteiger partial charge in [-0.1, -0.05) is 11.6 Å². The van der Waals surface area contributed by atoms with Crippen molar-refractivity contribution in [3.63, 3.8) is 0 Å². The fraction of sp³-hybridized carbons (Fsp3) is 0.318. The van der Waals surface area contributed by atoms with Crippen molar-refractivity contribution in [2.45, 2.75) is 20.8 Å². The fourth-order valence-electron chi connectivity index (χ4n) is 2.84. The molecule has 0 aliphatic carbocycles. The smallest absolute Gasteiger partial charge is 0.342 e. The first-order chi connectivity index (χ1) is 14.4. The van der Waals surface area contributed by atoms with Gasteiger partial charge in [0.25, 0.3) is 11.8 Å². The highest BCUT2D eigenvalue weighted by Crippen LogP contribution is 2.20. The fourth-order valence-corrected chi connectivity index (χ4v) is 2.84. The molecule has 8 nitrogen and oxygen atoms in total. The third kappa shape index (κ3) is 5.97. The Hall–Kier alpha value is -3.55. The summed E-state index contributed by atoms with van der Waals surface area (Å²) in [6.45, 7) is 7.13. The monoisotopic (exact) mass is 413 g/mol. The zero-order chi connectivity index (χ0) is 22.1. The molecule has 0 saturated heterocycles. The van der Waals surface area contributed by atoms with Crippen LogP contribution in [0.3, 0.4) is 0 Å². The minimum Gasteiger partial charge on any atom is -0.496 e. The number of hydrogen-bond donors (Lipinski definition) is 2. The molecule has 0 unspecified atom stereocenters. The van der Waals surface area contributed by atoms with Crippen LogP contribution in [0.4, 0.5) is 5.69 Å². The van der Waals surface area contributed by atoms with E-state index in [9.17, 15) is 14.4 Å². The Morgan fingerprint density at radius 3 is 2.23 bits per heavy atom. The van der Waals surface area contributed by atoms with Crippen molar-refractivity contribution in [1.29, 1.82) is 0 Å². The van der Waals surface area contributed by atoms with Crippen molar-refractivity contribution < 1.29 is 23.9 Å². The number of carbonyl (C=O) groups is 3. The van der Waals surface area contributed by atoms with Gasteiger partial charge >= 0.3 is 5.97 Å². The number of anilines is 1. The van der Waals surface area contributed by atoms with E-state index in [2.05, 4.69) is 29.6 Å². The minimum atomic E-state index is -0.691. The molecule has 2 aromatic carbocycles. The van der Waals surface area contributed by atoms with Gasteiger partial charge in [-0.3, -0.25) is 20.4 Å². The number of hydrogen-bond acceptors (Lipinski definition) is 6. The van der Waals surface area contributed by atoms with Gasteiger partial charge in [0.1, 0.15) is 11.3 Å². The second-order valence-corrected chi connectivity index (χ2v) is 6.50. The van der Waals surface area contributed by atoms with Crippen LogP contribution in [-0.2, 0) is 9.53 Å². The first kappa shape index (κ1) is 22.7. The molecule has 0 aromatic heterocycles. The van der Waals surface area contributed by atoms with E-state index >= 15 is 0 Å². The molecule has 2 aromatic rings. The Morgan fingerprint density at radius 2 is 1.63 bits per heavy atom. The Balaban J connectivity index is 1.85. The Kier molecular flexibility index (Phi) is 8.22. The average molecular weight is 413 g/mol. The van der Waals surface area contributed by atoms with Gasteiger partial charge in [-0.05, 0) is 57.2 Å². The second-order valence-electron chi connectivity index (χ2n) is 6.50. The minimum absolute atomic E-state index is 0.225. The van der Waals surface area contributed by atoms with Crippen LogP contribution in [0, 0.1) is 6.92 Å². The maximum absolute atomic E-state index is 12.2. The molecule has 0 radical (unpaired) electrons. The third-order valence-electron chi connectivity index (χ3n) is 4.48. The number of nitrogens with zero attached hydrogens (tertiary/aromatic N) is 1. The summed E-state index contributed by atoms with van der Waals surface area (Å²) < 4.78 is 10.1. The maximum Gasteiger partial charge on any atom is 0.342 e. The van der Waals surface area contributed by atoms with Crippen LogP contribution in [0.25, 0.3) is 0 Å². The van der Waals surface area contributed by atoms with Gasteiger partial charge in [0.15, 0.2) is 6.61 Å². The first-order valence-corrected chi connectivity index (χ1v) is 9.65. The summed E-state index contributed by atoms with van der Waals surface area (Å²) >= 11 is 0. The third-order valence-corrected chi connectivity index (χ3v) is 4.48. The Morgan fingerprint density at radius 1 is 0.967 bits per heavy atom. The molecular formula is C22H27N3O5. The van der Waals surface area contributed by atoms with Crippen LogP contribution in [0.2, 0.25) is 0 Å². The number of aryl methyl sites for hydroxylation is 1. The Bertz CT molecular complexity index is 892. The molecule has 0 aliphatic heterocycles. The van der Waals surface area contributed by atoms with Crippen molar-refractivity contribution in [2.75, 3.05) is 31.7 Å². The molecule has 0 fully saturated rings. The summed E-state index contributed by atoms with van der Waals surface area (Å²) in [6, 6.07) is 12.1. The van der Waals surface area contributed by atoms with E-state index in [4.69, 9.17) is 9.47 Å². The molecule has 2 rings (SSSR count). The number of carbonyl (C=O) groups excluding carboxylic acids is 3. The van der Waals surface area contributed by atoms with E-state index in [0.717, 1.165) is 24.3 Å². The number of hydrazine groups is 1. The SMILES string of the molecule is CCN(CC)c1ccc(C(=O)NNC(=O)COC(=O)c2cc(C)ccc2OC)cc1. The highest BCUT2D eigenvalue weighted by molar-refractivity contribution is 5.96. The van der Waals surface area contributed by atoms with Crippen LogP contribution in [-0.4, -0.2) is 44.6 Å². The predicted octanol–water partition coefficient (Wildman–Crippen LogP) is 2.47. The lowest BCUT2D eigenvalue weighted by Gasteiger charge is -2.21. The molecule has 2 N–H and O–H groups in total. The van der Waals surface area contributed by atoms with Gasteiger partial charge in [-0.15, -0.1) is 0 Å². The van der Waals surface area contributed by atoms with Crippen molar-refractivity contribution in [2.24, 2.45) is 0 Å². The highest BCUT2D eigenvalue weighted by Gasteiger charge is 2.16. The Labute approximate surface area is 176 Å². The summed E-state index contributed by atoms with van der Waals surface area (Å²) in [5.41, 5.74) is 7.02. The summed E-state index contributed by atoms with van der Waals surface area (Å²) in [6.07, 6.45) is 0. The number of rotatable bonds is 8. The van der Waals surface area contributed by atoms with E-state index in [-0.39, 0.29) is 5.56 Å². The number of amides is 2. The summed E-state index contributed by atoms with van der Waals surface area (Å²) in [7, 11) is 1.44. The van der Waals surface area contributed by atoms with E-state index in [1.54, 1.807) is 30.3 Å². The van der Waals surface area contributed by atoms with E-state index in [1.165, 1.54) is 7.11 Å². The molecule has 8 heteroatoms. The zero-order valence-electron chi connectivity index (χ0n) is 17.7. The standard InChI is InChI=1S/C22H27N3O5/c1-5-25(6-2)17-10-8-16(9-11-17)21(27)24-23-20(26)14-30-22(28)18-13-15(3)7-12-19(18)29-4/h7-13H,5-6,14H2,1-4H3,(H,23,26)(H,24,27). The van der Waals surface area contributed by atoms with Crippen LogP contribution < -0.4 is 20.5 Å².